The Morgan fingerprint density at radius 1 is 1.47 bits per heavy atom. The molecule has 0 saturated heterocycles. The van der Waals surface area contributed by atoms with Crippen molar-refractivity contribution >= 4 is 17.2 Å². The van der Waals surface area contributed by atoms with Crippen molar-refractivity contribution in [2.45, 2.75) is 19.9 Å². The summed E-state index contributed by atoms with van der Waals surface area (Å²) >= 11 is 1.48. The van der Waals surface area contributed by atoms with E-state index in [4.69, 9.17) is 0 Å². The van der Waals surface area contributed by atoms with Gasteiger partial charge >= 0.3 is 0 Å². The number of nitrogens with one attached hydrogen (secondary N) is 1. The Morgan fingerprint density at radius 2 is 2.26 bits per heavy atom. The highest BCUT2D eigenvalue weighted by Crippen LogP contribution is 2.03. The zero-order valence-electron chi connectivity index (χ0n) is 10.7. The Balaban J connectivity index is 1.99. The number of hydrogen-bond acceptors (Lipinski definition) is 5. The second-order valence-electron chi connectivity index (χ2n) is 4.11. The molecule has 0 bridgehead atoms. The normalized spacial score (nSPS) is 10.4. The van der Waals surface area contributed by atoms with Crippen LogP contribution in [0.5, 0.6) is 0 Å². The fraction of sp³-hybridized carbons (Fsp3) is 0.333. The maximum Gasteiger partial charge on any atom is 0.256 e. The van der Waals surface area contributed by atoms with Crippen LogP contribution in [0.4, 0.5) is 0 Å². The van der Waals surface area contributed by atoms with E-state index >= 15 is 0 Å². The van der Waals surface area contributed by atoms with Gasteiger partial charge in [0.05, 0.1) is 25.0 Å². The van der Waals surface area contributed by atoms with Gasteiger partial charge in [-0.3, -0.25) is 9.59 Å². The van der Waals surface area contributed by atoms with Crippen LogP contribution in [0.1, 0.15) is 16.3 Å². The van der Waals surface area contributed by atoms with Crippen molar-refractivity contribution in [1.29, 1.82) is 0 Å². The zero-order chi connectivity index (χ0) is 13.8. The number of nitrogens with zero attached hydrogens (tertiary/aromatic N) is 3. The van der Waals surface area contributed by atoms with Crippen molar-refractivity contribution in [3.63, 3.8) is 0 Å². The Bertz CT molecular complexity index is 634. The minimum Gasteiger partial charge on any atom is -0.349 e. The summed E-state index contributed by atoms with van der Waals surface area (Å²) in [4.78, 5) is 31.7. The van der Waals surface area contributed by atoms with Crippen molar-refractivity contribution < 1.29 is 4.79 Å². The van der Waals surface area contributed by atoms with E-state index in [1.54, 1.807) is 20.2 Å². The van der Waals surface area contributed by atoms with Gasteiger partial charge in [0.15, 0.2) is 0 Å². The van der Waals surface area contributed by atoms with Crippen LogP contribution in [-0.4, -0.2) is 20.4 Å². The van der Waals surface area contributed by atoms with Crippen LogP contribution in [0, 0.1) is 6.92 Å². The van der Waals surface area contributed by atoms with E-state index in [1.807, 2.05) is 5.38 Å². The minimum absolute atomic E-state index is 0.104. The van der Waals surface area contributed by atoms with Crippen molar-refractivity contribution in [3.8, 4) is 0 Å². The molecule has 2 rings (SSSR count). The van der Waals surface area contributed by atoms with Gasteiger partial charge in [0.25, 0.3) is 5.56 Å². The molecule has 0 fully saturated rings. The lowest BCUT2D eigenvalue weighted by atomic mass is 10.2. The van der Waals surface area contributed by atoms with Crippen LogP contribution in [0.15, 0.2) is 22.7 Å². The maximum absolute atomic E-state index is 11.8. The summed E-state index contributed by atoms with van der Waals surface area (Å²) in [5.74, 6) is -0.168. The Labute approximate surface area is 114 Å². The van der Waals surface area contributed by atoms with E-state index in [-0.39, 0.29) is 17.9 Å². The van der Waals surface area contributed by atoms with Gasteiger partial charge in [-0.05, 0) is 6.92 Å². The third kappa shape index (κ3) is 3.25. The number of carbonyl (C=O) groups is 1. The molecule has 2 heterocycles. The van der Waals surface area contributed by atoms with E-state index in [9.17, 15) is 9.59 Å². The lowest BCUT2D eigenvalue weighted by molar-refractivity contribution is -0.120. The number of aryl methyl sites for hydroxylation is 1. The number of carbonyl (C=O) groups excluding carboxylic acids is 1. The van der Waals surface area contributed by atoms with Gasteiger partial charge in [0, 0.05) is 24.2 Å². The summed E-state index contributed by atoms with van der Waals surface area (Å²) in [5, 5.41) is 5.46. The molecule has 2 aromatic heterocycles. The third-order valence-electron chi connectivity index (χ3n) is 2.71. The van der Waals surface area contributed by atoms with Crippen molar-refractivity contribution in [3.05, 3.63) is 44.5 Å². The van der Waals surface area contributed by atoms with Gasteiger partial charge in [0.2, 0.25) is 5.91 Å². The summed E-state index contributed by atoms with van der Waals surface area (Å²) in [7, 11) is 1.63. The first-order valence-corrected chi connectivity index (χ1v) is 6.62. The molecule has 0 aliphatic heterocycles. The first-order chi connectivity index (χ1) is 9.08. The van der Waals surface area contributed by atoms with Crippen molar-refractivity contribution in [1.82, 2.24) is 19.9 Å². The van der Waals surface area contributed by atoms with Gasteiger partial charge in [-0.15, -0.1) is 11.3 Å². The summed E-state index contributed by atoms with van der Waals surface area (Å²) in [6.07, 6.45) is 3.23. The first kappa shape index (κ1) is 13.4. The molecule has 0 spiro atoms. The monoisotopic (exact) mass is 278 g/mol. The molecule has 0 radical (unpaired) electrons. The summed E-state index contributed by atoms with van der Waals surface area (Å²) in [5.41, 5.74) is 0.895. The minimum atomic E-state index is -0.168. The number of hydrogen-bond donors (Lipinski definition) is 1. The number of amides is 1. The fourth-order valence-electron chi connectivity index (χ4n) is 1.60. The van der Waals surface area contributed by atoms with Gasteiger partial charge in [-0.2, -0.15) is 0 Å². The smallest absolute Gasteiger partial charge is 0.256 e. The molecule has 1 amide bonds. The topological polar surface area (TPSA) is 76.9 Å². The molecule has 0 unspecified atom stereocenters. The SMILES string of the molecule is Cc1c(CC(=O)NCc2nccs2)ncn(C)c1=O. The molecule has 0 aromatic carbocycles. The predicted octanol–water partition coefficient (Wildman–Crippen LogP) is 0.404. The maximum atomic E-state index is 11.8. The lowest BCUT2D eigenvalue weighted by Gasteiger charge is -2.06. The van der Waals surface area contributed by atoms with Crippen molar-refractivity contribution in [2.24, 2.45) is 7.05 Å². The van der Waals surface area contributed by atoms with Gasteiger partial charge in [-0.25, -0.2) is 9.97 Å². The number of rotatable bonds is 4. The molecule has 0 saturated carbocycles. The highest BCUT2D eigenvalue weighted by Gasteiger charge is 2.10. The Hall–Kier alpha value is -2.02. The average Bonchev–Trinajstić information content (AvgIpc) is 2.90. The summed E-state index contributed by atoms with van der Waals surface area (Å²) < 4.78 is 1.40. The van der Waals surface area contributed by atoms with Gasteiger partial charge in [-0.1, -0.05) is 0 Å². The molecule has 6 nitrogen and oxygen atoms in total. The molecule has 7 heteroatoms. The summed E-state index contributed by atoms with van der Waals surface area (Å²) in [6, 6.07) is 0. The molecule has 0 aliphatic carbocycles. The van der Waals surface area contributed by atoms with Crippen molar-refractivity contribution in [2.75, 3.05) is 0 Å². The van der Waals surface area contributed by atoms with Crippen LogP contribution < -0.4 is 10.9 Å². The average molecular weight is 278 g/mol. The molecule has 2 aromatic rings. The second-order valence-corrected chi connectivity index (χ2v) is 5.09. The lowest BCUT2D eigenvalue weighted by Crippen LogP contribution is -2.28. The molecular weight excluding hydrogens is 264 g/mol. The van der Waals surface area contributed by atoms with Crippen LogP contribution in [0.3, 0.4) is 0 Å². The van der Waals surface area contributed by atoms with E-state index in [0.717, 1.165) is 5.01 Å². The van der Waals surface area contributed by atoms with Crippen LogP contribution >= 0.6 is 11.3 Å². The standard InChI is InChI=1S/C12H14N4O2S/c1-8-9(15-7-16(2)12(8)18)5-10(17)14-6-11-13-3-4-19-11/h3-4,7H,5-6H2,1-2H3,(H,14,17). The molecule has 0 aliphatic rings. The Kier molecular flexibility index (Phi) is 4.06. The number of thiazole rings is 1. The van der Waals surface area contributed by atoms with Gasteiger partial charge < -0.3 is 9.88 Å². The molecule has 1 N–H and O–H groups in total. The highest BCUT2D eigenvalue weighted by molar-refractivity contribution is 7.09. The van der Waals surface area contributed by atoms with E-state index < -0.39 is 0 Å². The van der Waals surface area contributed by atoms with E-state index in [2.05, 4.69) is 15.3 Å². The fourth-order valence-corrected chi connectivity index (χ4v) is 2.16. The zero-order valence-corrected chi connectivity index (χ0v) is 11.5. The van der Waals surface area contributed by atoms with Gasteiger partial charge in [0.1, 0.15) is 5.01 Å². The quantitative estimate of drug-likeness (QED) is 0.878. The molecule has 19 heavy (non-hydrogen) atoms. The highest BCUT2D eigenvalue weighted by atomic mass is 32.1. The molecule has 0 atom stereocenters. The van der Waals surface area contributed by atoms with E-state index in [0.29, 0.717) is 17.8 Å². The largest absolute Gasteiger partial charge is 0.349 e. The first-order valence-electron chi connectivity index (χ1n) is 5.74. The predicted molar refractivity (Wildman–Crippen MR) is 71.9 cm³/mol. The second kappa shape index (κ2) is 5.75. The Morgan fingerprint density at radius 3 is 2.95 bits per heavy atom. The van der Waals surface area contributed by atoms with E-state index in [1.165, 1.54) is 22.2 Å². The molecular formula is C12H14N4O2S. The summed E-state index contributed by atoms with van der Waals surface area (Å²) in [6.45, 7) is 2.08. The molecule has 100 valence electrons. The van der Waals surface area contributed by atoms with Crippen LogP contribution in [-0.2, 0) is 24.8 Å². The number of aromatic nitrogens is 3. The third-order valence-corrected chi connectivity index (χ3v) is 3.49. The van der Waals surface area contributed by atoms with Crippen LogP contribution in [0.25, 0.3) is 0 Å². The van der Waals surface area contributed by atoms with Crippen LogP contribution in [0.2, 0.25) is 0 Å².